The third-order valence-corrected chi connectivity index (χ3v) is 3.97. The third kappa shape index (κ3) is 2.94. The molecule has 3 rings (SSSR count). The highest BCUT2D eigenvalue weighted by molar-refractivity contribution is 5.70. The van der Waals surface area contributed by atoms with E-state index in [9.17, 15) is 9.18 Å². The van der Waals surface area contributed by atoms with Gasteiger partial charge in [0.25, 0.3) is 0 Å². The van der Waals surface area contributed by atoms with E-state index in [4.69, 9.17) is 9.63 Å². The number of carbonyl (C=O) groups is 1. The molecule has 0 bridgehead atoms. The minimum Gasteiger partial charge on any atom is -0.481 e. The molecule has 21 heavy (non-hydrogen) atoms. The first-order valence-corrected chi connectivity index (χ1v) is 6.96. The van der Waals surface area contributed by atoms with Gasteiger partial charge < -0.3 is 9.63 Å². The van der Waals surface area contributed by atoms with E-state index >= 15 is 0 Å². The summed E-state index contributed by atoms with van der Waals surface area (Å²) in [5.41, 5.74) is 0.700. The molecule has 1 heterocycles. The van der Waals surface area contributed by atoms with Crippen molar-refractivity contribution in [2.24, 2.45) is 5.92 Å². The molecule has 1 N–H and O–H groups in total. The third-order valence-electron chi connectivity index (χ3n) is 3.97. The van der Waals surface area contributed by atoms with Gasteiger partial charge in [0.2, 0.25) is 11.7 Å². The topological polar surface area (TPSA) is 76.2 Å². The summed E-state index contributed by atoms with van der Waals surface area (Å²) < 4.78 is 18.2. The van der Waals surface area contributed by atoms with E-state index in [-0.39, 0.29) is 17.7 Å². The van der Waals surface area contributed by atoms with E-state index in [0.29, 0.717) is 30.1 Å². The number of aromatic nitrogens is 2. The molecule has 0 aliphatic heterocycles. The van der Waals surface area contributed by atoms with Crippen molar-refractivity contribution in [3.63, 3.8) is 0 Å². The van der Waals surface area contributed by atoms with Crippen LogP contribution >= 0.6 is 0 Å². The lowest BCUT2D eigenvalue weighted by Gasteiger charge is -2.23. The molecule has 0 atom stereocenters. The Morgan fingerprint density at radius 2 is 1.86 bits per heavy atom. The molecule has 1 aliphatic carbocycles. The van der Waals surface area contributed by atoms with Crippen LogP contribution in [0.15, 0.2) is 28.8 Å². The van der Waals surface area contributed by atoms with Crippen molar-refractivity contribution in [1.82, 2.24) is 10.1 Å². The van der Waals surface area contributed by atoms with Gasteiger partial charge in [-0.15, -0.1) is 0 Å². The van der Waals surface area contributed by atoms with E-state index in [0.717, 1.165) is 12.8 Å². The highest BCUT2D eigenvalue weighted by atomic mass is 19.1. The van der Waals surface area contributed by atoms with Crippen LogP contribution in [0.2, 0.25) is 0 Å². The van der Waals surface area contributed by atoms with E-state index < -0.39 is 5.97 Å². The van der Waals surface area contributed by atoms with Crippen LogP contribution in [-0.4, -0.2) is 21.2 Å². The first-order valence-electron chi connectivity index (χ1n) is 6.96. The van der Waals surface area contributed by atoms with Gasteiger partial charge >= 0.3 is 5.97 Å². The maximum atomic E-state index is 12.9. The first kappa shape index (κ1) is 13.7. The van der Waals surface area contributed by atoms with Gasteiger partial charge in [-0.2, -0.15) is 4.98 Å². The monoisotopic (exact) mass is 290 g/mol. The summed E-state index contributed by atoms with van der Waals surface area (Å²) in [5.74, 6) is -0.216. The van der Waals surface area contributed by atoms with Crippen LogP contribution in [-0.2, 0) is 4.79 Å². The lowest BCUT2D eigenvalue weighted by atomic mass is 9.82. The predicted octanol–water partition coefficient (Wildman–Crippen LogP) is 3.23. The maximum absolute atomic E-state index is 12.9. The van der Waals surface area contributed by atoms with Gasteiger partial charge in [-0.1, -0.05) is 5.16 Å². The number of carboxylic acid groups (broad SMARTS) is 1. The summed E-state index contributed by atoms with van der Waals surface area (Å²) in [6, 6.07) is 5.91. The number of rotatable bonds is 3. The summed E-state index contributed by atoms with van der Waals surface area (Å²) in [7, 11) is 0. The van der Waals surface area contributed by atoms with Crippen molar-refractivity contribution in [3.8, 4) is 11.4 Å². The summed E-state index contributed by atoms with van der Waals surface area (Å²) in [5, 5.41) is 12.9. The number of nitrogens with zero attached hydrogens (tertiary/aromatic N) is 2. The van der Waals surface area contributed by atoms with Crippen LogP contribution in [0.3, 0.4) is 0 Å². The molecular formula is C15H15FN2O3. The van der Waals surface area contributed by atoms with Crippen molar-refractivity contribution < 1.29 is 18.8 Å². The summed E-state index contributed by atoms with van der Waals surface area (Å²) in [4.78, 5) is 15.3. The molecule has 0 radical (unpaired) electrons. The molecule has 1 aromatic carbocycles. The van der Waals surface area contributed by atoms with Crippen molar-refractivity contribution in [3.05, 3.63) is 36.0 Å². The molecule has 1 aliphatic rings. The highest BCUT2D eigenvalue weighted by Gasteiger charge is 2.29. The van der Waals surface area contributed by atoms with Gasteiger partial charge in [0.1, 0.15) is 5.82 Å². The molecule has 1 saturated carbocycles. The van der Waals surface area contributed by atoms with Crippen molar-refractivity contribution >= 4 is 5.97 Å². The molecule has 0 amide bonds. The Kier molecular flexibility index (Phi) is 3.68. The second kappa shape index (κ2) is 5.63. The van der Waals surface area contributed by atoms with Crippen molar-refractivity contribution in [2.45, 2.75) is 31.6 Å². The van der Waals surface area contributed by atoms with Crippen molar-refractivity contribution in [1.29, 1.82) is 0 Å². The fourth-order valence-corrected chi connectivity index (χ4v) is 2.70. The van der Waals surface area contributed by atoms with E-state index in [1.54, 1.807) is 12.1 Å². The van der Waals surface area contributed by atoms with Gasteiger partial charge in [-0.05, 0) is 49.9 Å². The average molecular weight is 290 g/mol. The zero-order chi connectivity index (χ0) is 14.8. The Morgan fingerprint density at radius 3 is 2.48 bits per heavy atom. The molecule has 2 aromatic rings. The fourth-order valence-electron chi connectivity index (χ4n) is 2.70. The van der Waals surface area contributed by atoms with Crippen LogP contribution in [0, 0.1) is 11.7 Å². The SMILES string of the molecule is O=C(O)C1CCC(c2nc(-c3ccc(F)cc3)no2)CC1. The number of hydrogen-bond acceptors (Lipinski definition) is 4. The molecular weight excluding hydrogens is 275 g/mol. The molecule has 0 saturated heterocycles. The average Bonchev–Trinajstić information content (AvgIpc) is 2.98. The van der Waals surface area contributed by atoms with Gasteiger partial charge in [-0.25, -0.2) is 4.39 Å². The van der Waals surface area contributed by atoms with Crippen LogP contribution in [0.25, 0.3) is 11.4 Å². The standard InChI is InChI=1S/C15H15FN2O3/c16-12-7-5-9(6-8-12)13-17-14(21-18-13)10-1-3-11(4-2-10)15(19)20/h5-8,10-11H,1-4H2,(H,19,20). The molecule has 0 spiro atoms. The van der Waals surface area contributed by atoms with Gasteiger partial charge in [0.05, 0.1) is 5.92 Å². The lowest BCUT2D eigenvalue weighted by molar-refractivity contribution is -0.142. The Hall–Kier alpha value is -2.24. The van der Waals surface area contributed by atoms with Gasteiger partial charge in [0.15, 0.2) is 0 Å². The number of carboxylic acids is 1. The zero-order valence-electron chi connectivity index (χ0n) is 11.3. The number of benzene rings is 1. The fraction of sp³-hybridized carbons (Fsp3) is 0.400. The van der Waals surface area contributed by atoms with Crippen LogP contribution in [0.1, 0.15) is 37.5 Å². The van der Waals surface area contributed by atoms with Crippen LogP contribution in [0.4, 0.5) is 4.39 Å². The first-order chi connectivity index (χ1) is 10.1. The normalized spacial score (nSPS) is 22.1. The maximum Gasteiger partial charge on any atom is 0.306 e. The largest absolute Gasteiger partial charge is 0.481 e. The van der Waals surface area contributed by atoms with Gasteiger partial charge in [-0.3, -0.25) is 4.79 Å². The predicted molar refractivity (Wildman–Crippen MR) is 72.0 cm³/mol. The van der Waals surface area contributed by atoms with E-state index in [2.05, 4.69) is 10.1 Å². The Morgan fingerprint density at radius 1 is 1.19 bits per heavy atom. The molecule has 6 heteroatoms. The Balaban J connectivity index is 1.71. The van der Waals surface area contributed by atoms with Crippen LogP contribution < -0.4 is 0 Å². The Bertz CT molecular complexity index is 631. The second-order valence-corrected chi connectivity index (χ2v) is 5.35. The minimum absolute atomic E-state index is 0.113. The summed E-state index contributed by atoms with van der Waals surface area (Å²) >= 11 is 0. The van der Waals surface area contributed by atoms with Gasteiger partial charge in [0, 0.05) is 11.5 Å². The van der Waals surface area contributed by atoms with E-state index in [1.165, 1.54) is 12.1 Å². The second-order valence-electron chi connectivity index (χ2n) is 5.35. The number of hydrogen-bond donors (Lipinski definition) is 1. The molecule has 5 nitrogen and oxygen atoms in total. The highest BCUT2D eigenvalue weighted by Crippen LogP contribution is 2.35. The summed E-state index contributed by atoms with van der Waals surface area (Å²) in [6.07, 6.45) is 2.74. The quantitative estimate of drug-likeness (QED) is 0.939. The van der Waals surface area contributed by atoms with Crippen LogP contribution in [0.5, 0.6) is 0 Å². The van der Waals surface area contributed by atoms with Crippen molar-refractivity contribution in [2.75, 3.05) is 0 Å². The smallest absolute Gasteiger partial charge is 0.306 e. The Labute approximate surface area is 120 Å². The molecule has 110 valence electrons. The number of halogens is 1. The zero-order valence-corrected chi connectivity index (χ0v) is 11.3. The molecule has 1 aromatic heterocycles. The number of aliphatic carboxylic acids is 1. The van der Waals surface area contributed by atoms with E-state index in [1.807, 2.05) is 0 Å². The minimum atomic E-state index is -0.731. The molecule has 1 fully saturated rings. The lowest BCUT2D eigenvalue weighted by Crippen LogP contribution is -2.20. The summed E-state index contributed by atoms with van der Waals surface area (Å²) in [6.45, 7) is 0. The molecule has 0 unspecified atom stereocenters.